The number of rotatable bonds is 4. The summed E-state index contributed by atoms with van der Waals surface area (Å²) in [6.07, 6.45) is 0.716. The van der Waals surface area contributed by atoms with Crippen LogP contribution in [0.15, 0.2) is 0 Å². The highest BCUT2D eigenvalue weighted by atomic mass is 16.5. The summed E-state index contributed by atoms with van der Waals surface area (Å²) in [5.41, 5.74) is 0. The molecule has 1 aliphatic heterocycles. The average molecular weight is 186 g/mol. The molecule has 1 heterocycles. The van der Waals surface area contributed by atoms with E-state index in [1.807, 2.05) is 6.92 Å². The molecule has 1 N–H and O–H groups in total. The molecule has 1 saturated heterocycles. The van der Waals surface area contributed by atoms with Gasteiger partial charge in [0, 0.05) is 26.1 Å². The first kappa shape index (κ1) is 10.5. The van der Waals surface area contributed by atoms with Gasteiger partial charge in [-0.05, 0) is 6.92 Å². The Morgan fingerprint density at radius 2 is 2.15 bits per heavy atom. The summed E-state index contributed by atoms with van der Waals surface area (Å²) in [7, 11) is 0. The largest absolute Gasteiger partial charge is 0.481 e. The van der Waals surface area contributed by atoms with Gasteiger partial charge in [0.2, 0.25) is 0 Å². The Kier molecular flexibility index (Phi) is 4.78. The first-order valence-corrected chi connectivity index (χ1v) is 4.83. The molecule has 4 nitrogen and oxygen atoms in total. The second kappa shape index (κ2) is 5.94. The first-order chi connectivity index (χ1) is 6.33. The van der Waals surface area contributed by atoms with Crippen LogP contribution < -0.4 is 0 Å². The van der Waals surface area contributed by atoms with Crippen LogP contribution in [0.5, 0.6) is 0 Å². The predicted molar refractivity (Wildman–Crippen MR) is 51.2 cm³/mol. The molecule has 0 saturated carbocycles. The molecule has 0 spiro atoms. The van der Waals surface area contributed by atoms with Crippen LogP contribution >= 0.6 is 0 Å². The number of nitrogens with one attached hydrogen (secondary N) is 1. The Morgan fingerprint density at radius 1 is 1.46 bits per heavy atom. The fraction of sp³-hybridized carbons (Fsp3) is 0.889. The predicted octanol–water partition coefficient (Wildman–Crippen LogP) is 0.722. The molecule has 0 aliphatic carbocycles. The van der Waals surface area contributed by atoms with Crippen molar-refractivity contribution in [3.8, 4) is 0 Å². The lowest BCUT2D eigenvalue weighted by molar-refractivity contribution is 0.0385. The van der Waals surface area contributed by atoms with Crippen LogP contribution in [-0.4, -0.2) is 50.3 Å². The normalized spacial score (nSPS) is 18.5. The molecule has 0 amide bonds. The van der Waals surface area contributed by atoms with Crippen LogP contribution in [0.4, 0.5) is 0 Å². The molecule has 1 rings (SSSR count). The molecule has 0 atom stereocenters. The van der Waals surface area contributed by atoms with Crippen LogP contribution in [0.3, 0.4) is 0 Å². The van der Waals surface area contributed by atoms with Gasteiger partial charge in [-0.1, -0.05) is 0 Å². The summed E-state index contributed by atoms with van der Waals surface area (Å²) >= 11 is 0. The molecule has 76 valence electrons. The quantitative estimate of drug-likeness (QED) is 0.520. The second-order valence-electron chi connectivity index (χ2n) is 3.06. The second-order valence-corrected chi connectivity index (χ2v) is 3.06. The monoisotopic (exact) mass is 186 g/mol. The molecule has 1 aliphatic rings. The zero-order valence-electron chi connectivity index (χ0n) is 8.21. The van der Waals surface area contributed by atoms with Crippen LogP contribution in [0.25, 0.3) is 0 Å². The molecule has 0 bridgehead atoms. The van der Waals surface area contributed by atoms with E-state index in [1.54, 1.807) is 0 Å². The summed E-state index contributed by atoms with van der Waals surface area (Å²) in [6.45, 7) is 7.04. The molecular weight excluding hydrogens is 168 g/mol. The number of nitrogens with zero attached hydrogens (tertiary/aromatic N) is 1. The summed E-state index contributed by atoms with van der Waals surface area (Å²) in [5.74, 6) is 0.397. The fourth-order valence-electron chi connectivity index (χ4n) is 1.33. The third kappa shape index (κ3) is 4.24. The number of hydrogen-bond donors (Lipinski definition) is 1. The fourth-order valence-corrected chi connectivity index (χ4v) is 1.33. The van der Waals surface area contributed by atoms with E-state index in [4.69, 9.17) is 14.9 Å². The lowest BCUT2D eigenvalue weighted by Gasteiger charge is -2.26. The van der Waals surface area contributed by atoms with E-state index in [9.17, 15) is 0 Å². The van der Waals surface area contributed by atoms with Crippen LogP contribution in [0.2, 0.25) is 0 Å². The highest BCUT2D eigenvalue weighted by Crippen LogP contribution is 1.98. The SMILES string of the molecule is CCOC(=N)CCN1CCOCC1. The Bertz CT molecular complexity index is 156. The Labute approximate surface area is 79.3 Å². The maximum atomic E-state index is 7.43. The van der Waals surface area contributed by atoms with Gasteiger partial charge in [-0.25, -0.2) is 0 Å². The van der Waals surface area contributed by atoms with Gasteiger partial charge in [0.25, 0.3) is 0 Å². The minimum atomic E-state index is 0.397. The topological polar surface area (TPSA) is 45.5 Å². The summed E-state index contributed by atoms with van der Waals surface area (Å²) < 4.78 is 10.3. The van der Waals surface area contributed by atoms with Crippen molar-refractivity contribution in [1.29, 1.82) is 5.41 Å². The molecule has 0 radical (unpaired) electrons. The third-order valence-corrected chi connectivity index (χ3v) is 2.08. The van der Waals surface area contributed by atoms with Crippen molar-refractivity contribution < 1.29 is 9.47 Å². The number of morpholine rings is 1. The van der Waals surface area contributed by atoms with Crippen molar-refractivity contribution in [3.05, 3.63) is 0 Å². The minimum Gasteiger partial charge on any atom is -0.481 e. The molecule has 1 fully saturated rings. The minimum absolute atomic E-state index is 0.397. The van der Waals surface area contributed by atoms with Gasteiger partial charge in [-0.3, -0.25) is 10.3 Å². The zero-order valence-corrected chi connectivity index (χ0v) is 8.21. The standard InChI is InChI=1S/C9H18N2O2/c1-2-13-9(10)3-4-11-5-7-12-8-6-11/h10H,2-8H2,1H3. The van der Waals surface area contributed by atoms with E-state index >= 15 is 0 Å². The smallest absolute Gasteiger partial charge is 0.181 e. The summed E-state index contributed by atoms with van der Waals surface area (Å²) in [6, 6.07) is 0. The van der Waals surface area contributed by atoms with Gasteiger partial charge in [0.15, 0.2) is 5.90 Å². The van der Waals surface area contributed by atoms with Crippen LogP contribution in [-0.2, 0) is 9.47 Å². The van der Waals surface area contributed by atoms with Crippen LogP contribution in [0, 0.1) is 5.41 Å². The van der Waals surface area contributed by atoms with Gasteiger partial charge in [-0.2, -0.15) is 0 Å². The Balaban J connectivity index is 2.06. The maximum absolute atomic E-state index is 7.43. The van der Waals surface area contributed by atoms with E-state index in [2.05, 4.69) is 4.90 Å². The van der Waals surface area contributed by atoms with Crippen molar-refractivity contribution in [2.45, 2.75) is 13.3 Å². The molecule has 0 unspecified atom stereocenters. The molecular formula is C9H18N2O2. The van der Waals surface area contributed by atoms with Crippen molar-refractivity contribution in [2.75, 3.05) is 39.5 Å². The van der Waals surface area contributed by atoms with Crippen molar-refractivity contribution in [1.82, 2.24) is 4.90 Å². The van der Waals surface area contributed by atoms with Crippen molar-refractivity contribution in [3.63, 3.8) is 0 Å². The van der Waals surface area contributed by atoms with E-state index in [-0.39, 0.29) is 0 Å². The van der Waals surface area contributed by atoms with Gasteiger partial charge in [0.05, 0.1) is 19.8 Å². The maximum Gasteiger partial charge on any atom is 0.181 e. The molecule has 13 heavy (non-hydrogen) atoms. The van der Waals surface area contributed by atoms with E-state index in [0.29, 0.717) is 18.9 Å². The number of ether oxygens (including phenoxy) is 2. The molecule has 0 aromatic carbocycles. The number of hydrogen-bond acceptors (Lipinski definition) is 4. The zero-order chi connectivity index (χ0) is 9.52. The van der Waals surface area contributed by atoms with Gasteiger partial charge < -0.3 is 9.47 Å². The summed E-state index contributed by atoms with van der Waals surface area (Å²) in [5, 5.41) is 7.43. The molecule has 4 heteroatoms. The van der Waals surface area contributed by atoms with Gasteiger partial charge >= 0.3 is 0 Å². The van der Waals surface area contributed by atoms with Gasteiger partial charge in [-0.15, -0.1) is 0 Å². The van der Waals surface area contributed by atoms with Crippen molar-refractivity contribution >= 4 is 5.90 Å². The molecule has 0 aromatic heterocycles. The van der Waals surface area contributed by atoms with E-state index < -0.39 is 0 Å². The molecule has 0 aromatic rings. The Morgan fingerprint density at radius 3 is 2.77 bits per heavy atom. The highest BCUT2D eigenvalue weighted by molar-refractivity contribution is 5.72. The lowest BCUT2D eigenvalue weighted by Crippen LogP contribution is -2.37. The summed E-state index contributed by atoms with van der Waals surface area (Å²) in [4.78, 5) is 2.30. The van der Waals surface area contributed by atoms with E-state index in [0.717, 1.165) is 32.8 Å². The average Bonchev–Trinajstić information content (AvgIpc) is 2.17. The van der Waals surface area contributed by atoms with Gasteiger partial charge in [0.1, 0.15) is 0 Å². The first-order valence-electron chi connectivity index (χ1n) is 4.83. The third-order valence-electron chi connectivity index (χ3n) is 2.08. The lowest BCUT2D eigenvalue weighted by atomic mass is 10.3. The van der Waals surface area contributed by atoms with E-state index in [1.165, 1.54) is 0 Å². The Hall–Kier alpha value is -0.610. The van der Waals surface area contributed by atoms with Crippen molar-refractivity contribution in [2.24, 2.45) is 0 Å². The van der Waals surface area contributed by atoms with Crippen LogP contribution in [0.1, 0.15) is 13.3 Å². The highest BCUT2D eigenvalue weighted by Gasteiger charge is 2.10.